The van der Waals surface area contributed by atoms with Crippen LogP contribution >= 0.6 is 0 Å². The van der Waals surface area contributed by atoms with Crippen LogP contribution in [0.5, 0.6) is 0 Å². The minimum atomic E-state index is -3.89. The van der Waals surface area contributed by atoms with E-state index in [4.69, 9.17) is 14.4 Å². The van der Waals surface area contributed by atoms with Crippen LogP contribution in [0.4, 0.5) is 5.69 Å². The molecule has 0 fully saturated rings. The number of hydrogen-bond acceptors (Lipinski definition) is 6. The van der Waals surface area contributed by atoms with Gasteiger partial charge >= 0.3 is 5.63 Å². The van der Waals surface area contributed by atoms with Crippen molar-refractivity contribution in [3.63, 3.8) is 0 Å². The molecule has 0 spiro atoms. The van der Waals surface area contributed by atoms with E-state index in [2.05, 4.69) is 4.72 Å². The van der Waals surface area contributed by atoms with Crippen molar-refractivity contribution in [2.45, 2.75) is 11.5 Å². The third-order valence-corrected chi connectivity index (χ3v) is 5.03. The van der Waals surface area contributed by atoms with Gasteiger partial charge in [0.1, 0.15) is 5.58 Å². The van der Waals surface area contributed by atoms with Gasteiger partial charge in [0, 0.05) is 24.6 Å². The van der Waals surface area contributed by atoms with Crippen LogP contribution in [0.3, 0.4) is 0 Å². The van der Waals surface area contributed by atoms with Crippen molar-refractivity contribution >= 4 is 26.7 Å². The van der Waals surface area contributed by atoms with Gasteiger partial charge in [-0.2, -0.15) is 5.26 Å². The first-order chi connectivity index (χ1) is 12.4. The monoisotopic (exact) mass is 370 g/mol. The van der Waals surface area contributed by atoms with Crippen molar-refractivity contribution in [3.8, 4) is 6.07 Å². The van der Waals surface area contributed by atoms with Crippen LogP contribution in [-0.2, 0) is 21.4 Å². The van der Waals surface area contributed by atoms with Crippen molar-refractivity contribution in [1.82, 2.24) is 0 Å². The second-order valence-electron chi connectivity index (χ2n) is 5.48. The maximum Gasteiger partial charge on any atom is 0.336 e. The normalized spacial score (nSPS) is 11.2. The topological polar surface area (TPSA) is 109 Å². The molecular formula is C18H14N2O5S. The van der Waals surface area contributed by atoms with Crippen LogP contribution in [0, 0.1) is 11.3 Å². The molecule has 8 heteroatoms. The number of nitrogens with zero attached hydrogens (tertiary/aromatic N) is 1. The Kier molecular flexibility index (Phi) is 4.75. The van der Waals surface area contributed by atoms with Gasteiger partial charge in [-0.05, 0) is 35.9 Å². The Morgan fingerprint density at radius 2 is 2.00 bits per heavy atom. The fraction of sp³-hybridized carbons (Fsp3) is 0.111. The van der Waals surface area contributed by atoms with Gasteiger partial charge in [-0.3, -0.25) is 4.72 Å². The summed E-state index contributed by atoms with van der Waals surface area (Å²) in [7, 11) is -2.38. The van der Waals surface area contributed by atoms with E-state index in [0.29, 0.717) is 10.9 Å². The molecule has 0 radical (unpaired) electrons. The van der Waals surface area contributed by atoms with Crippen molar-refractivity contribution in [2.24, 2.45) is 0 Å². The highest BCUT2D eigenvalue weighted by atomic mass is 32.2. The Morgan fingerprint density at radius 1 is 1.19 bits per heavy atom. The Bertz CT molecular complexity index is 1180. The minimum absolute atomic E-state index is 0.0359. The van der Waals surface area contributed by atoms with E-state index in [1.807, 2.05) is 6.07 Å². The molecule has 0 atom stereocenters. The maximum atomic E-state index is 12.5. The molecular weight excluding hydrogens is 356 g/mol. The number of nitriles is 1. The molecule has 0 saturated carbocycles. The highest BCUT2D eigenvalue weighted by molar-refractivity contribution is 7.92. The van der Waals surface area contributed by atoms with Crippen molar-refractivity contribution in [2.75, 3.05) is 11.8 Å². The number of anilines is 1. The molecule has 7 nitrogen and oxygen atoms in total. The Labute approximate surface area is 149 Å². The zero-order valence-electron chi connectivity index (χ0n) is 13.7. The molecule has 1 heterocycles. The van der Waals surface area contributed by atoms with Crippen LogP contribution in [0.2, 0.25) is 0 Å². The van der Waals surface area contributed by atoms with Gasteiger partial charge < -0.3 is 9.15 Å². The Morgan fingerprint density at radius 3 is 2.73 bits per heavy atom. The highest BCUT2D eigenvalue weighted by Crippen LogP contribution is 2.24. The second kappa shape index (κ2) is 7.00. The molecule has 2 aromatic carbocycles. The molecule has 0 unspecified atom stereocenters. The van der Waals surface area contributed by atoms with Gasteiger partial charge in [-0.15, -0.1) is 0 Å². The smallest absolute Gasteiger partial charge is 0.336 e. The van der Waals surface area contributed by atoms with Gasteiger partial charge in [0.05, 0.1) is 28.8 Å². The Hall–Kier alpha value is -3.15. The first-order valence-electron chi connectivity index (χ1n) is 7.51. The summed E-state index contributed by atoms with van der Waals surface area (Å²) in [4.78, 5) is 11.6. The van der Waals surface area contributed by atoms with Crippen LogP contribution in [-0.4, -0.2) is 15.5 Å². The summed E-state index contributed by atoms with van der Waals surface area (Å²) in [5.74, 6) is 0. The lowest BCUT2D eigenvalue weighted by atomic mass is 10.1. The predicted octanol–water partition coefficient (Wildman–Crippen LogP) is 2.61. The standard InChI is InChI=1S/C18H14N2O5S/c1-24-11-13-8-18(21)25-17-9-14(5-6-16(13)17)20-26(22,23)15-4-2-3-12(7-15)10-19/h2-9,20H,11H2,1H3. The van der Waals surface area contributed by atoms with E-state index in [1.165, 1.54) is 43.5 Å². The van der Waals surface area contributed by atoms with E-state index >= 15 is 0 Å². The second-order valence-corrected chi connectivity index (χ2v) is 7.16. The largest absolute Gasteiger partial charge is 0.423 e. The van der Waals surface area contributed by atoms with Crippen LogP contribution in [0.1, 0.15) is 11.1 Å². The number of hydrogen-bond donors (Lipinski definition) is 1. The highest BCUT2D eigenvalue weighted by Gasteiger charge is 2.16. The summed E-state index contributed by atoms with van der Waals surface area (Å²) in [6, 6.07) is 13.6. The number of benzene rings is 2. The molecule has 0 aliphatic rings. The number of ether oxygens (including phenoxy) is 1. The molecule has 0 aliphatic heterocycles. The Balaban J connectivity index is 2.01. The van der Waals surface area contributed by atoms with Gasteiger partial charge in [-0.25, -0.2) is 13.2 Å². The quantitative estimate of drug-likeness (QED) is 0.692. The zero-order chi connectivity index (χ0) is 18.7. The lowest BCUT2D eigenvalue weighted by Gasteiger charge is -2.10. The van der Waals surface area contributed by atoms with E-state index < -0.39 is 15.6 Å². The van der Waals surface area contributed by atoms with Gasteiger partial charge in [0.25, 0.3) is 10.0 Å². The molecule has 0 aliphatic carbocycles. The number of methoxy groups -OCH3 is 1. The lowest BCUT2D eigenvalue weighted by Crippen LogP contribution is -2.13. The summed E-state index contributed by atoms with van der Waals surface area (Å²) in [6.07, 6.45) is 0. The molecule has 26 heavy (non-hydrogen) atoms. The van der Waals surface area contributed by atoms with Crippen molar-refractivity contribution < 1.29 is 17.6 Å². The van der Waals surface area contributed by atoms with E-state index in [0.717, 1.165) is 0 Å². The molecule has 0 bridgehead atoms. The summed E-state index contributed by atoms with van der Waals surface area (Å²) in [6.45, 7) is 0.230. The fourth-order valence-corrected chi connectivity index (χ4v) is 3.61. The van der Waals surface area contributed by atoms with Crippen LogP contribution in [0.25, 0.3) is 11.0 Å². The predicted molar refractivity (Wildman–Crippen MR) is 95.2 cm³/mol. The average molecular weight is 370 g/mol. The van der Waals surface area contributed by atoms with Gasteiger partial charge in [0.15, 0.2) is 0 Å². The molecule has 3 rings (SSSR count). The summed E-state index contributed by atoms with van der Waals surface area (Å²) >= 11 is 0. The summed E-state index contributed by atoms with van der Waals surface area (Å²) < 4.78 is 37.7. The third kappa shape index (κ3) is 3.59. The average Bonchev–Trinajstić information content (AvgIpc) is 2.61. The van der Waals surface area contributed by atoms with Crippen molar-refractivity contribution in [1.29, 1.82) is 5.26 Å². The molecule has 0 amide bonds. The van der Waals surface area contributed by atoms with Crippen molar-refractivity contribution in [3.05, 3.63) is 70.1 Å². The number of nitrogens with one attached hydrogen (secondary N) is 1. The molecule has 3 aromatic rings. The van der Waals surface area contributed by atoms with E-state index in [1.54, 1.807) is 12.1 Å². The van der Waals surface area contributed by atoms with Gasteiger partial charge in [0.2, 0.25) is 0 Å². The van der Waals surface area contributed by atoms with E-state index in [-0.39, 0.29) is 28.3 Å². The maximum absolute atomic E-state index is 12.5. The first kappa shape index (κ1) is 17.7. The molecule has 1 aromatic heterocycles. The molecule has 0 saturated heterocycles. The zero-order valence-corrected chi connectivity index (χ0v) is 14.5. The lowest BCUT2D eigenvalue weighted by molar-refractivity contribution is 0.185. The molecule has 1 N–H and O–H groups in total. The SMILES string of the molecule is COCc1cc(=O)oc2cc(NS(=O)(=O)c3cccc(C#N)c3)ccc12. The summed E-state index contributed by atoms with van der Waals surface area (Å²) in [5, 5.41) is 9.57. The minimum Gasteiger partial charge on any atom is -0.423 e. The molecule has 132 valence electrons. The summed E-state index contributed by atoms with van der Waals surface area (Å²) in [5.41, 5.74) is 0.816. The number of sulfonamides is 1. The van der Waals surface area contributed by atoms with Gasteiger partial charge in [-0.1, -0.05) is 6.07 Å². The van der Waals surface area contributed by atoms with Crippen LogP contribution in [0.15, 0.2) is 62.6 Å². The van der Waals surface area contributed by atoms with E-state index in [9.17, 15) is 13.2 Å². The first-order valence-corrected chi connectivity index (χ1v) is 9.00. The number of rotatable bonds is 5. The third-order valence-electron chi connectivity index (χ3n) is 3.66. The fourth-order valence-electron chi connectivity index (χ4n) is 2.52. The van der Waals surface area contributed by atoms with Crippen LogP contribution < -0.4 is 10.3 Å². The number of fused-ring (bicyclic) bond motifs is 1.